The molecule has 3 nitrogen and oxygen atoms in total. The molecular weight excluding hydrogens is 168 g/mol. The van der Waals surface area contributed by atoms with E-state index in [2.05, 4.69) is 0 Å². The molecule has 0 radical (unpaired) electrons. The summed E-state index contributed by atoms with van der Waals surface area (Å²) in [5.74, 6) is -0.0707. The molecule has 0 bridgehead atoms. The summed E-state index contributed by atoms with van der Waals surface area (Å²) in [6.07, 6.45) is 2.85. The molecule has 2 N–H and O–H groups in total. The molecule has 0 saturated carbocycles. The van der Waals surface area contributed by atoms with Gasteiger partial charge in [0.15, 0.2) is 5.78 Å². The zero-order chi connectivity index (χ0) is 10.1. The SMILES string of the molecule is CC1=CC[C@H]([C@](C)(O)CO)CC1=O. The van der Waals surface area contributed by atoms with Gasteiger partial charge in [-0.15, -0.1) is 0 Å². The molecule has 3 heteroatoms. The molecule has 74 valence electrons. The molecule has 0 amide bonds. The lowest BCUT2D eigenvalue weighted by atomic mass is 9.78. The van der Waals surface area contributed by atoms with E-state index in [0.29, 0.717) is 12.8 Å². The number of carbonyl (C=O) groups is 1. The van der Waals surface area contributed by atoms with Gasteiger partial charge in [0.2, 0.25) is 0 Å². The highest BCUT2D eigenvalue weighted by Gasteiger charge is 2.34. The van der Waals surface area contributed by atoms with Crippen molar-refractivity contribution >= 4 is 5.78 Å². The number of ketones is 1. The number of aliphatic hydroxyl groups excluding tert-OH is 1. The van der Waals surface area contributed by atoms with Crippen LogP contribution < -0.4 is 0 Å². The van der Waals surface area contributed by atoms with E-state index in [9.17, 15) is 9.90 Å². The van der Waals surface area contributed by atoms with Crippen LogP contribution in [0.5, 0.6) is 0 Å². The van der Waals surface area contributed by atoms with Crippen LogP contribution in [-0.4, -0.2) is 28.2 Å². The van der Waals surface area contributed by atoms with Crippen molar-refractivity contribution in [3.63, 3.8) is 0 Å². The van der Waals surface area contributed by atoms with Crippen molar-refractivity contribution in [1.82, 2.24) is 0 Å². The zero-order valence-corrected chi connectivity index (χ0v) is 8.08. The van der Waals surface area contributed by atoms with E-state index in [1.807, 2.05) is 6.08 Å². The fraction of sp³-hybridized carbons (Fsp3) is 0.700. The van der Waals surface area contributed by atoms with Crippen molar-refractivity contribution in [2.24, 2.45) is 5.92 Å². The summed E-state index contributed by atoms with van der Waals surface area (Å²) >= 11 is 0. The summed E-state index contributed by atoms with van der Waals surface area (Å²) in [5.41, 5.74) is -0.364. The lowest BCUT2D eigenvalue weighted by molar-refractivity contribution is -0.121. The number of carbonyl (C=O) groups excluding carboxylic acids is 1. The van der Waals surface area contributed by atoms with Crippen LogP contribution in [0.4, 0.5) is 0 Å². The molecule has 0 saturated heterocycles. The molecule has 0 aromatic rings. The highest BCUT2D eigenvalue weighted by atomic mass is 16.3. The van der Waals surface area contributed by atoms with Gasteiger partial charge in [0, 0.05) is 12.3 Å². The Morgan fingerprint density at radius 2 is 2.31 bits per heavy atom. The molecule has 0 aromatic heterocycles. The van der Waals surface area contributed by atoms with E-state index in [1.54, 1.807) is 13.8 Å². The Balaban J connectivity index is 2.73. The van der Waals surface area contributed by atoms with Gasteiger partial charge in [0.05, 0.1) is 12.2 Å². The zero-order valence-electron chi connectivity index (χ0n) is 8.08. The Hall–Kier alpha value is -0.670. The van der Waals surface area contributed by atoms with E-state index in [0.717, 1.165) is 5.57 Å². The van der Waals surface area contributed by atoms with Crippen LogP contribution >= 0.6 is 0 Å². The third-order valence-corrected chi connectivity index (χ3v) is 2.78. The Bertz CT molecular complexity index is 241. The lowest BCUT2D eigenvalue weighted by Crippen LogP contribution is -2.40. The Morgan fingerprint density at radius 1 is 1.69 bits per heavy atom. The van der Waals surface area contributed by atoms with Gasteiger partial charge in [0.1, 0.15) is 0 Å². The number of aliphatic hydroxyl groups is 2. The minimum Gasteiger partial charge on any atom is -0.393 e. The summed E-state index contributed by atoms with van der Waals surface area (Å²) in [6, 6.07) is 0. The topological polar surface area (TPSA) is 57.5 Å². The van der Waals surface area contributed by atoms with Crippen LogP contribution in [0.15, 0.2) is 11.6 Å². The van der Waals surface area contributed by atoms with Gasteiger partial charge in [-0.1, -0.05) is 6.08 Å². The molecule has 0 spiro atoms. The molecule has 0 unspecified atom stereocenters. The summed E-state index contributed by atoms with van der Waals surface area (Å²) in [4.78, 5) is 11.3. The smallest absolute Gasteiger partial charge is 0.158 e. The minimum absolute atomic E-state index is 0.0741. The second-order valence-corrected chi connectivity index (χ2v) is 3.96. The van der Waals surface area contributed by atoms with Crippen LogP contribution in [0.1, 0.15) is 26.7 Å². The molecule has 13 heavy (non-hydrogen) atoms. The third kappa shape index (κ3) is 2.17. The van der Waals surface area contributed by atoms with Crippen molar-refractivity contribution in [2.75, 3.05) is 6.61 Å². The van der Waals surface area contributed by atoms with Gasteiger partial charge < -0.3 is 10.2 Å². The van der Waals surface area contributed by atoms with Gasteiger partial charge in [-0.25, -0.2) is 0 Å². The first-order valence-electron chi connectivity index (χ1n) is 4.50. The van der Waals surface area contributed by atoms with Crippen molar-refractivity contribution in [2.45, 2.75) is 32.3 Å². The maximum atomic E-state index is 11.3. The predicted molar refractivity (Wildman–Crippen MR) is 49.2 cm³/mol. The monoisotopic (exact) mass is 184 g/mol. The van der Waals surface area contributed by atoms with Crippen LogP contribution in [0.25, 0.3) is 0 Å². The average Bonchev–Trinajstić information content (AvgIpc) is 2.09. The summed E-state index contributed by atoms with van der Waals surface area (Å²) in [7, 11) is 0. The molecule has 0 aliphatic heterocycles. The highest BCUT2D eigenvalue weighted by Crippen LogP contribution is 2.29. The van der Waals surface area contributed by atoms with E-state index in [-0.39, 0.29) is 18.3 Å². The van der Waals surface area contributed by atoms with Crippen molar-refractivity contribution < 1.29 is 15.0 Å². The molecule has 1 aliphatic carbocycles. The first kappa shape index (κ1) is 10.4. The van der Waals surface area contributed by atoms with E-state index >= 15 is 0 Å². The standard InChI is InChI=1S/C10H16O3/c1-7-3-4-8(5-9(7)12)10(2,13)6-11/h3,8,11,13H,4-6H2,1-2H3/t8-,10+/m0/s1. The molecule has 1 rings (SSSR count). The number of hydrogen-bond donors (Lipinski definition) is 2. The molecule has 0 aromatic carbocycles. The summed E-state index contributed by atoms with van der Waals surface area (Å²) in [5, 5.41) is 18.6. The molecule has 0 heterocycles. The second-order valence-electron chi connectivity index (χ2n) is 3.96. The normalized spacial score (nSPS) is 28.2. The van der Waals surface area contributed by atoms with Crippen molar-refractivity contribution in [3.8, 4) is 0 Å². The van der Waals surface area contributed by atoms with Crippen LogP contribution in [0, 0.1) is 5.92 Å². The maximum absolute atomic E-state index is 11.3. The van der Waals surface area contributed by atoms with E-state index < -0.39 is 5.60 Å². The fourth-order valence-corrected chi connectivity index (χ4v) is 1.50. The molecule has 1 aliphatic rings. The van der Waals surface area contributed by atoms with Crippen LogP contribution in [0.2, 0.25) is 0 Å². The Morgan fingerprint density at radius 3 is 2.77 bits per heavy atom. The largest absolute Gasteiger partial charge is 0.393 e. The number of hydrogen-bond acceptors (Lipinski definition) is 3. The van der Waals surface area contributed by atoms with Gasteiger partial charge in [-0.05, 0) is 25.8 Å². The Kier molecular flexibility index (Phi) is 2.88. The summed E-state index contributed by atoms with van der Waals surface area (Å²) < 4.78 is 0. The Labute approximate surface area is 78.1 Å². The number of allylic oxidation sites excluding steroid dienone is 2. The highest BCUT2D eigenvalue weighted by molar-refractivity contribution is 5.95. The molecular formula is C10H16O3. The van der Waals surface area contributed by atoms with Crippen molar-refractivity contribution in [3.05, 3.63) is 11.6 Å². The fourth-order valence-electron chi connectivity index (χ4n) is 1.50. The van der Waals surface area contributed by atoms with Crippen LogP contribution in [0.3, 0.4) is 0 Å². The minimum atomic E-state index is -1.13. The van der Waals surface area contributed by atoms with Gasteiger partial charge >= 0.3 is 0 Å². The molecule has 2 atom stereocenters. The quantitative estimate of drug-likeness (QED) is 0.662. The summed E-state index contributed by atoms with van der Waals surface area (Å²) in [6.45, 7) is 3.06. The van der Waals surface area contributed by atoms with E-state index in [1.165, 1.54) is 0 Å². The van der Waals surface area contributed by atoms with Crippen LogP contribution in [-0.2, 0) is 4.79 Å². The third-order valence-electron chi connectivity index (χ3n) is 2.78. The van der Waals surface area contributed by atoms with Gasteiger partial charge in [-0.2, -0.15) is 0 Å². The predicted octanol–water partition coefficient (Wildman–Crippen LogP) is 0.655. The van der Waals surface area contributed by atoms with Gasteiger partial charge in [0.25, 0.3) is 0 Å². The van der Waals surface area contributed by atoms with E-state index in [4.69, 9.17) is 5.11 Å². The lowest BCUT2D eigenvalue weighted by Gasteiger charge is -2.32. The first-order valence-corrected chi connectivity index (χ1v) is 4.50. The number of Topliss-reactive ketones (excluding diaryl/α,β-unsaturated/α-hetero) is 1. The second kappa shape index (κ2) is 3.60. The van der Waals surface area contributed by atoms with Gasteiger partial charge in [-0.3, -0.25) is 4.79 Å². The van der Waals surface area contributed by atoms with Crippen molar-refractivity contribution in [1.29, 1.82) is 0 Å². The average molecular weight is 184 g/mol. The molecule has 0 fully saturated rings. The number of rotatable bonds is 2. The first-order chi connectivity index (χ1) is 5.97. The maximum Gasteiger partial charge on any atom is 0.158 e.